The van der Waals surface area contributed by atoms with Crippen LogP contribution in [0.2, 0.25) is 0 Å². The number of rotatable bonds is 8. The predicted octanol–water partition coefficient (Wildman–Crippen LogP) is 2.99. The lowest BCUT2D eigenvalue weighted by Gasteiger charge is -2.17. The maximum Gasteiger partial charge on any atom is 0.238 e. The van der Waals surface area contributed by atoms with Gasteiger partial charge in [-0.3, -0.25) is 4.79 Å². The first-order valence-corrected chi connectivity index (χ1v) is 11.5. The first-order valence-electron chi connectivity index (χ1n) is 10.0. The Bertz CT molecular complexity index is 1150. The number of imidazole rings is 1. The molecule has 0 radical (unpaired) electrons. The third-order valence-corrected chi connectivity index (χ3v) is 6.01. The summed E-state index contributed by atoms with van der Waals surface area (Å²) in [5, 5.41) is 5.24. The zero-order chi connectivity index (χ0) is 21.9. The summed E-state index contributed by atoms with van der Waals surface area (Å²) >= 11 is 0. The lowest BCUT2D eigenvalue weighted by atomic mass is 10.1. The largest absolute Gasteiger partial charge is 0.341 e. The summed E-state index contributed by atoms with van der Waals surface area (Å²) in [6.07, 6.45) is 1.71. The molecule has 0 fully saturated rings. The summed E-state index contributed by atoms with van der Waals surface area (Å²) in [6.45, 7) is 5.40. The zero-order valence-electron chi connectivity index (χ0n) is 17.6. The Morgan fingerprint density at radius 3 is 2.50 bits per heavy atom. The molecule has 1 aromatic heterocycles. The SMILES string of the molecule is CCCn1c(CCC(=O)N(C)Cc2ccc(C)cc2)nc2cc(S(N)(=O)=O)ccc21. The van der Waals surface area contributed by atoms with Gasteiger partial charge in [0.05, 0.1) is 15.9 Å². The highest BCUT2D eigenvalue weighted by Crippen LogP contribution is 2.21. The van der Waals surface area contributed by atoms with Crippen LogP contribution in [0.4, 0.5) is 0 Å². The summed E-state index contributed by atoms with van der Waals surface area (Å²) in [6, 6.07) is 12.9. The summed E-state index contributed by atoms with van der Waals surface area (Å²) < 4.78 is 25.3. The average molecular weight is 429 g/mol. The van der Waals surface area contributed by atoms with Crippen molar-refractivity contribution in [1.82, 2.24) is 14.5 Å². The van der Waals surface area contributed by atoms with Gasteiger partial charge in [0.25, 0.3) is 0 Å². The standard InChI is InChI=1S/C22H28N4O3S/c1-4-13-26-20-10-9-18(30(23,28)29)14-19(20)24-21(26)11-12-22(27)25(3)15-17-7-5-16(2)6-8-17/h5-10,14H,4,11-13,15H2,1-3H3,(H2,23,28,29). The van der Waals surface area contributed by atoms with Crippen LogP contribution in [0.15, 0.2) is 47.4 Å². The summed E-state index contributed by atoms with van der Waals surface area (Å²) in [5.74, 6) is 0.811. The number of benzene rings is 2. The number of nitrogens with zero attached hydrogens (tertiary/aromatic N) is 3. The molecule has 0 unspecified atom stereocenters. The van der Waals surface area contributed by atoms with Crippen molar-refractivity contribution in [3.05, 3.63) is 59.4 Å². The topological polar surface area (TPSA) is 98.3 Å². The van der Waals surface area contributed by atoms with Crippen LogP contribution in [-0.4, -0.2) is 35.8 Å². The van der Waals surface area contributed by atoms with Gasteiger partial charge in [-0.05, 0) is 37.1 Å². The van der Waals surface area contributed by atoms with E-state index in [0.717, 1.165) is 29.9 Å². The molecule has 0 aliphatic rings. The first-order chi connectivity index (χ1) is 14.2. The van der Waals surface area contributed by atoms with Gasteiger partial charge in [0.2, 0.25) is 15.9 Å². The minimum Gasteiger partial charge on any atom is -0.341 e. The molecule has 0 saturated heterocycles. The maximum absolute atomic E-state index is 12.7. The predicted molar refractivity (Wildman–Crippen MR) is 117 cm³/mol. The van der Waals surface area contributed by atoms with Crippen LogP contribution in [0.3, 0.4) is 0 Å². The lowest BCUT2D eigenvalue weighted by molar-refractivity contribution is -0.130. The Morgan fingerprint density at radius 2 is 1.87 bits per heavy atom. The van der Waals surface area contributed by atoms with E-state index in [-0.39, 0.29) is 10.8 Å². The summed E-state index contributed by atoms with van der Waals surface area (Å²) in [7, 11) is -1.99. The van der Waals surface area contributed by atoms with Crippen LogP contribution in [0, 0.1) is 6.92 Å². The van der Waals surface area contributed by atoms with E-state index in [1.807, 2.05) is 31.2 Å². The number of sulfonamides is 1. The molecule has 3 aromatic rings. The minimum atomic E-state index is -3.79. The van der Waals surface area contributed by atoms with E-state index in [0.29, 0.717) is 24.9 Å². The molecule has 1 amide bonds. The quantitative estimate of drug-likeness (QED) is 0.596. The van der Waals surface area contributed by atoms with Crippen LogP contribution < -0.4 is 5.14 Å². The Morgan fingerprint density at radius 1 is 1.17 bits per heavy atom. The van der Waals surface area contributed by atoms with Crippen LogP contribution in [0.5, 0.6) is 0 Å². The van der Waals surface area contributed by atoms with Crippen molar-refractivity contribution < 1.29 is 13.2 Å². The molecule has 2 aromatic carbocycles. The van der Waals surface area contributed by atoms with Crippen molar-refractivity contribution in [2.45, 2.75) is 51.1 Å². The van der Waals surface area contributed by atoms with Crippen LogP contribution >= 0.6 is 0 Å². The Labute approximate surface area is 177 Å². The Hall–Kier alpha value is -2.71. The fourth-order valence-electron chi connectivity index (χ4n) is 3.47. The second-order valence-corrected chi connectivity index (χ2v) is 9.17. The molecule has 0 aliphatic heterocycles. The number of primary sulfonamides is 1. The number of carbonyl (C=O) groups excluding carboxylic acids is 1. The molecule has 0 atom stereocenters. The van der Waals surface area contributed by atoms with Crippen molar-refractivity contribution >= 4 is 27.0 Å². The fourth-order valence-corrected chi connectivity index (χ4v) is 4.00. The Balaban J connectivity index is 1.76. The van der Waals surface area contributed by atoms with Crippen LogP contribution in [0.25, 0.3) is 11.0 Å². The van der Waals surface area contributed by atoms with Crippen molar-refractivity contribution in [1.29, 1.82) is 0 Å². The van der Waals surface area contributed by atoms with Gasteiger partial charge in [-0.15, -0.1) is 0 Å². The second-order valence-electron chi connectivity index (χ2n) is 7.61. The summed E-state index contributed by atoms with van der Waals surface area (Å²) in [4.78, 5) is 19.0. The maximum atomic E-state index is 12.7. The van der Waals surface area contributed by atoms with E-state index in [1.54, 1.807) is 18.0 Å². The highest BCUT2D eigenvalue weighted by Gasteiger charge is 2.16. The Kier molecular flexibility index (Phi) is 6.58. The van der Waals surface area contributed by atoms with Gasteiger partial charge in [0.1, 0.15) is 5.82 Å². The normalized spacial score (nSPS) is 11.7. The molecule has 0 spiro atoms. The number of nitrogens with two attached hydrogens (primary N) is 1. The van der Waals surface area contributed by atoms with Crippen molar-refractivity contribution in [3.63, 3.8) is 0 Å². The van der Waals surface area contributed by atoms with Crippen molar-refractivity contribution in [2.75, 3.05) is 7.05 Å². The lowest BCUT2D eigenvalue weighted by Crippen LogP contribution is -2.26. The highest BCUT2D eigenvalue weighted by molar-refractivity contribution is 7.89. The van der Waals surface area contributed by atoms with Gasteiger partial charge in [-0.25, -0.2) is 18.5 Å². The molecule has 8 heteroatoms. The molecule has 0 aliphatic carbocycles. The molecular weight excluding hydrogens is 400 g/mol. The highest BCUT2D eigenvalue weighted by atomic mass is 32.2. The molecule has 3 rings (SSSR count). The van der Waals surface area contributed by atoms with E-state index in [2.05, 4.69) is 16.5 Å². The number of hydrogen-bond donors (Lipinski definition) is 1. The molecule has 0 saturated carbocycles. The number of aromatic nitrogens is 2. The van der Waals surface area contributed by atoms with Crippen molar-refractivity contribution in [2.24, 2.45) is 5.14 Å². The number of fused-ring (bicyclic) bond motifs is 1. The fraction of sp³-hybridized carbons (Fsp3) is 0.364. The molecular formula is C22H28N4O3S. The smallest absolute Gasteiger partial charge is 0.238 e. The first kappa shape index (κ1) is 22.0. The van der Waals surface area contributed by atoms with Gasteiger partial charge in [-0.2, -0.15) is 0 Å². The van der Waals surface area contributed by atoms with Gasteiger partial charge in [0, 0.05) is 33.0 Å². The van der Waals surface area contributed by atoms with E-state index >= 15 is 0 Å². The minimum absolute atomic E-state index is 0.0379. The van der Waals surface area contributed by atoms with Gasteiger partial charge >= 0.3 is 0 Å². The van der Waals surface area contributed by atoms with E-state index in [1.165, 1.54) is 17.7 Å². The van der Waals surface area contributed by atoms with E-state index < -0.39 is 10.0 Å². The van der Waals surface area contributed by atoms with E-state index in [9.17, 15) is 13.2 Å². The second kappa shape index (κ2) is 8.97. The van der Waals surface area contributed by atoms with Gasteiger partial charge in [0.15, 0.2) is 0 Å². The number of aryl methyl sites for hydroxylation is 3. The van der Waals surface area contributed by atoms with Crippen LogP contribution in [-0.2, 0) is 34.3 Å². The molecule has 1 heterocycles. The zero-order valence-corrected chi connectivity index (χ0v) is 18.4. The average Bonchev–Trinajstić information content (AvgIpc) is 3.04. The number of amides is 1. The van der Waals surface area contributed by atoms with Crippen molar-refractivity contribution in [3.8, 4) is 0 Å². The molecule has 2 N–H and O–H groups in total. The molecule has 0 bridgehead atoms. The monoisotopic (exact) mass is 428 g/mol. The third-order valence-electron chi connectivity index (χ3n) is 5.10. The molecule has 7 nitrogen and oxygen atoms in total. The molecule has 30 heavy (non-hydrogen) atoms. The molecule has 160 valence electrons. The number of carbonyl (C=O) groups is 1. The number of hydrogen-bond acceptors (Lipinski definition) is 4. The van der Waals surface area contributed by atoms with Gasteiger partial charge in [-0.1, -0.05) is 36.8 Å². The summed E-state index contributed by atoms with van der Waals surface area (Å²) in [5.41, 5.74) is 3.70. The third kappa shape index (κ3) is 5.06. The van der Waals surface area contributed by atoms with Crippen LogP contribution in [0.1, 0.15) is 36.7 Å². The van der Waals surface area contributed by atoms with E-state index in [4.69, 9.17) is 5.14 Å². The van der Waals surface area contributed by atoms with Gasteiger partial charge < -0.3 is 9.47 Å².